The molecule has 1 aliphatic heterocycles. The van der Waals surface area contributed by atoms with Crippen molar-refractivity contribution >= 4 is 0 Å². The van der Waals surface area contributed by atoms with Gasteiger partial charge in [-0.3, -0.25) is 4.98 Å². The molecule has 2 atom stereocenters. The zero-order valence-corrected chi connectivity index (χ0v) is 7.61. The van der Waals surface area contributed by atoms with Crippen LogP contribution in [0.25, 0.3) is 0 Å². The van der Waals surface area contributed by atoms with Crippen LogP contribution in [0.1, 0.15) is 18.2 Å². The molecule has 0 aromatic carbocycles. The van der Waals surface area contributed by atoms with Gasteiger partial charge in [-0.25, -0.2) is 0 Å². The summed E-state index contributed by atoms with van der Waals surface area (Å²) in [5.74, 6) is 0.551. The van der Waals surface area contributed by atoms with Gasteiger partial charge in [0.25, 0.3) is 0 Å². The summed E-state index contributed by atoms with van der Waals surface area (Å²) in [6.45, 7) is 2.11. The molecule has 3 nitrogen and oxygen atoms in total. The summed E-state index contributed by atoms with van der Waals surface area (Å²) in [5.41, 5.74) is 7.11. The fraction of sp³-hybridized carbons (Fsp3) is 0.500. The summed E-state index contributed by atoms with van der Waals surface area (Å²) in [5, 5.41) is 3.32. The van der Waals surface area contributed by atoms with Gasteiger partial charge in [-0.2, -0.15) is 0 Å². The van der Waals surface area contributed by atoms with Crippen molar-refractivity contribution in [2.24, 2.45) is 11.7 Å². The molecule has 2 heterocycles. The first kappa shape index (κ1) is 8.66. The maximum Gasteiger partial charge on any atom is 0.0574 e. The smallest absolute Gasteiger partial charge is 0.0574 e. The lowest BCUT2D eigenvalue weighted by atomic mass is 9.97. The molecule has 2 rings (SSSR count). The van der Waals surface area contributed by atoms with Crippen LogP contribution >= 0.6 is 0 Å². The molecule has 1 saturated heterocycles. The Morgan fingerprint density at radius 3 is 3.08 bits per heavy atom. The Morgan fingerprint density at radius 1 is 1.54 bits per heavy atom. The van der Waals surface area contributed by atoms with Crippen LogP contribution in [0.15, 0.2) is 24.4 Å². The van der Waals surface area contributed by atoms with E-state index in [0.29, 0.717) is 5.92 Å². The van der Waals surface area contributed by atoms with Gasteiger partial charge >= 0.3 is 0 Å². The van der Waals surface area contributed by atoms with Crippen LogP contribution in [-0.2, 0) is 0 Å². The summed E-state index contributed by atoms with van der Waals surface area (Å²) in [6.07, 6.45) is 2.97. The molecule has 70 valence electrons. The molecule has 0 bridgehead atoms. The van der Waals surface area contributed by atoms with Crippen LogP contribution in [0.4, 0.5) is 0 Å². The number of pyridine rings is 1. The van der Waals surface area contributed by atoms with Gasteiger partial charge in [0.1, 0.15) is 0 Å². The van der Waals surface area contributed by atoms with E-state index in [4.69, 9.17) is 5.73 Å². The molecule has 0 radical (unpaired) electrons. The van der Waals surface area contributed by atoms with Crippen molar-refractivity contribution < 1.29 is 0 Å². The van der Waals surface area contributed by atoms with E-state index in [2.05, 4.69) is 10.3 Å². The molecular formula is C10H15N3. The van der Waals surface area contributed by atoms with Crippen molar-refractivity contribution in [2.45, 2.75) is 12.5 Å². The zero-order valence-electron chi connectivity index (χ0n) is 7.61. The third-order valence-electron chi connectivity index (χ3n) is 2.64. The fourth-order valence-corrected chi connectivity index (χ4v) is 1.80. The standard InChI is InChI=1S/C10H15N3/c11-10(8-4-6-12-7-8)9-3-1-2-5-13-9/h1-3,5,8,10,12H,4,6-7,11H2. The highest BCUT2D eigenvalue weighted by Crippen LogP contribution is 2.22. The summed E-state index contributed by atoms with van der Waals surface area (Å²) in [7, 11) is 0. The highest BCUT2D eigenvalue weighted by Gasteiger charge is 2.23. The molecule has 1 aromatic heterocycles. The van der Waals surface area contributed by atoms with Crippen molar-refractivity contribution in [3.8, 4) is 0 Å². The Morgan fingerprint density at radius 2 is 2.46 bits per heavy atom. The molecule has 0 aliphatic carbocycles. The quantitative estimate of drug-likeness (QED) is 0.699. The Balaban J connectivity index is 2.08. The molecule has 13 heavy (non-hydrogen) atoms. The normalized spacial score (nSPS) is 24.5. The van der Waals surface area contributed by atoms with E-state index in [9.17, 15) is 0 Å². The number of nitrogens with one attached hydrogen (secondary N) is 1. The molecule has 2 unspecified atom stereocenters. The molecular weight excluding hydrogens is 162 g/mol. The van der Waals surface area contributed by atoms with Crippen molar-refractivity contribution in [3.63, 3.8) is 0 Å². The van der Waals surface area contributed by atoms with Crippen LogP contribution in [0.2, 0.25) is 0 Å². The van der Waals surface area contributed by atoms with Gasteiger partial charge in [-0.05, 0) is 37.6 Å². The second-order valence-corrected chi connectivity index (χ2v) is 3.53. The number of nitrogens with two attached hydrogens (primary N) is 1. The highest BCUT2D eigenvalue weighted by molar-refractivity contribution is 5.09. The molecule has 0 spiro atoms. The SMILES string of the molecule is NC(c1ccccn1)C1CCNC1. The number of aromatic nitrogens is 1. The molecule has 0 saturated carbocycles. The van der Waals surface area contributed by atoms with Gasteiger partial charge in [0.05, 0.1) is 11.7 Å². The monoisotopic (exact) mass is 177 g/mol. The lowest BCUT2D eigenvalue weighted by Crippen LogP contribution is -2.24. The Hall–Kier alpha value is -0.930. The Labute approximate surface area is 78.4 Å². The van der Waals surface area contributed by atoms with Crippen LogP contribution in [-0.4, -0.2) is 18.1 Å². The number of hydrogen-bond acceptors (Lipinski definition) is 3. The van der Waals surface area contributed by atoms with Gasteiger partial charge < -0.3 is 11.1 Å². The van der Waals surface area contributed by atoms with Gasteiger partial charge in [-0.1, -0.05) is 6.07 Å². The first-order valence-electron chi connectivity index (χ1n) is 4.75. The van der Waals surface area contributed by atoms with E-state index in [0.717, 1.165) is 25.2 Å². The largest absolute Gasteiger partial charge is 0.322 e. The minimum atomic E-state index is 0.0937. The molecule has 1 aromatic rings. The number of hydrogen-bond donors (Lipinski definition) is 2. The summed E-state index contributed by atoms with van der Waals surface area (Å²) >= 11 is 0. The second kappa shape index (κ2) is 3.85. The first-order valence-corrected chi connectivity index (χ1v) is 4.75. The van der Waals surface area contributed by atoms with Gasteiger partial charge in [0.15, 0.2) is 0 Å². The van der Waals surface area contributed by atoms with Crippen molar-refractivity contribution in [3.05, 3.63) is 30.1 Å². The van der Waals surface area contributed by atoms with E-state index < -0.39 is 0 Å². The van der Waals surface area contributed by atoms with Crippen LogP contribution in [0.3, 0.4) is 0 Å². The summed E-state index contributed by atoms with van der Waals surface area (Å²) in [6, 6.07) is 6.01. The average molecular weight is 177 g/mol. The molecule has 3 N–H and O–H groups in total. The van der Waals surface area contributed by atoms with E-state index in [1.54, 1.807) is 6.20 Å². The Bertz CT molecular complexity index is 254. The molecule has 1 aliphatic rings. The number of rotatable bonds is 2. The van der Waals surface area contributed by atoms with Crippen molar-refractivity contribution in [1.82, 2.24) is 10.3 Å². The summed E-state index contributed by atoms with van der Waals surface area (Å²) < 4.78 is 0. The lowest BCUT2D eigenvalue weighted by molar-refractivity contribution is 0.461. The van der Waals surface area contributed by atoms with Crippen LogP contribution in [0, 0.1) is 5.92 Å². The fourth-order valence-electron chi connectivity index (χ4n) is 1.80. The van der Waals surface area contributed by atoms with E-state index in [-0.39, 0.29) is 6.04 Å². The van der Waals surface area contributed by atoms with E-state index >= 15 is 0 Å². The topological polar surface area (TPSA) is 50.9 Å². The molecule has 3 heteroatoms. The van der Waals surface area contributed by atoms with Gasteiger partial charge in [-0.15, -0.1) is 0 Å². The zero-order chi connectivity index (χ0) is 9.10. The lowest BCUT2D eigenvalue weighted by Gasteiger charge is -2.16. The second-order valence-electron chi connectivity index (χ2n) is 3.53. The molecule has 0 amide bonds. The predicted molar refractivity (Wildman–Crippen MR) is 52.1 cm³/mol. The highest BCUT2D eigenvalue weighted by atomic mass is 14.9. The number of nitrogens with zero attached hydrogens (tertiary/aromatic N) is 1. The van der Waals surface area contributed by atoms with Crippen LogP contribution < -0.4 is 11.1 Å². The average Bonchev–Trinajstić information content (AvgIpc) is 2.71. The van der Waals surface area contributed by atoms with Gasteiger partial charge in [0, 0.05) is 6.20 Å². The van der Waals surface area contributed by atoms with Crippen LogP contribution in [0.5, 0.6) is 0 Å². The minimum absolute atomic E-state index is 0.0937. The summed E-state index contributed by atoms with van der Waals surface area (Å²) in [4.78, 5) is 4.27. The minimum Gasteiger partial charge on any atom is -0.322 e. The van der Waals surface area contributed by atoms with E-state index in [1.165, 1.54) is 0 Å². The predicted octanol–water partition coefficient (Wildman–Crippen LogP) is 0.691. The Kier molecular flexibility index (Phi) is 2.57. The first-order chi connectivity index (χ1) is 6.38. The third kappa shape index (κ3) is 1.87. The van der Waals surface area contributed by atoms with Crippen molar-refractivity contribution in [2.75, 3.05) is 13.1 Å². The van der Waals surface area contributed by atoms with Gasteiger partial charge in [0.2, 0.25) is 0 Å². The maximum absolute atomic E-state index is 6.10. The van der Waals surface area contributed by atoms with E-state index in [1.807, 2.05) is 18.2 Å². The van der Waals surface area contributed by atoms with Crippen molar-refractivity contribution in [1.29, 1.82) is 0 Å². The maximum atomic E-state index is 6.10. The third-order valence-corrected chi connectivity index (χ3v) is 2.64. The molecule has 1 fully saturated rings.